The molecule has 3 aromatic rings. The van der Waals surface area contributed by atoms with Gasteiger partial charge in [0.1, 0.15) is 11.1 Å². The summed E-state index contributed by atoms with van der Waals surface area (Å²) in [4.78, 5) is 20.7. The fraction of sp³-hybridized carbons (Fsp3) is 0.412. The summed E-state index contributed by atoms with van der Waals surface area (Å²) in [5.41, 5.74) is 1.30. The first-order chi connectivity index (χ1) is 11.9. The lowest BCUT2D eigenvalue weighted by molar-refractivity contribution is 0.0526. The largest absolute Gasteiger partial charge is 0.444 e. The Labute approximate surface area is 150 Å². The molecule has 0 atom stereocenters. The maximum atomic E-state index is 11.8. The summed E-state index contributed by atoms with van der Waals surface area (Å²) < 4.78 is 7.10. The summed E-state index contributed by atoms with van der Waals surface area (Å²) in [6, 6.07) is 4.00. The van der Waals surface area contributed by atoms with E-state index in [0.29, 0.717) is 13.1 Å². The maximum absolute atomic E-state index is 11.8. The van der Waals surface area contributed by atoms with E-state index in [0.717, 1.165) is 27.0 Å². The number of aromatic nitrogens is 4. The standard InChI is InChI=1S/C17H21N5O2S/c1-17(2,3)24-16(23)18-7-8-22-14-12(10-20-22)6-5-11-9-19-15(25-4)21-13(11)14/h5-6,9-10H,7-8H2,1-4H3,(H,18,23). The zero-order valence-corrected chi connectivity index (χ0v) is 15.6. The molecule has 1 amide bonds. The lowest BCUT2D eigenvalue weighted by Crippen LogP contribution is -2.34. The highest BCUT2D eigenvalue weighted by Gasteiger charge is 2.16. The van der Waals surface area contributed by atoms with Gasteiger partial charge in [0.2, 0.25) is 0 Å². The quantitative estimate of drug-likeness (QED) is 0.569. The molecule has 132 valence electrons. The van der Waals surface area contributed by atoms with Gasteiger partial charge >= 0.3 is 6.09 Å². The topological polar surface area (TPSA) is 81.9 Å². The van der Waals surface area contributed by atoms with Crippen LogP contribution in [0, 0.1) is 0 Å². The Morgan fingerprint density at radius 1 is 1.28 bits per heavy atom. The molecular weight excluding hydrogens is 338 g/mol. The molecule has 1 N–H and O–H groups in total. The van der Waals surface area contributed by atoms with Crippen LogP contribution in [0.1, 0.15) is 20.8 Å². The van der Waals surface area contributed by atoms with Gasteiger partial charge in [0.15, 0.2) is 5.16 Å². The fourth-order valence-electron chi connectivity index (χ4n) is 2.49. The minimum absolute atomic E-state index is 0.419. The first-order valence-corrected chi connectivity index (χ1v) is 9.22. The smallest absolute Gasteiger partial charge is 0.407 e. The van der Waals surface area contributed by atoms with Gasteiger partial charge in [-0.15, -0.1) is 0 Å². The van der Waals surface area contributed by atoms with Gasteiger partial charge in [-0.3, -0.25) is 4.68 Å². The predicted molar refractivity (Wildman–Crippen MR) is 98.8 cm³/mol. The number of alkyl carbamates (subject to hydrolysis) is 1. The van der Waals surface area contributed by atoms with Crippen molar-refractivity contribution in [1.82, 2.24) is 25.1 Å². The Bertz CT molecular complexity index is 916. The highest BCUT2D eigenvalue weighted by Crippen LogP contribution is 2.24. The van der Waals surface area contributed by atoms with Crippen molar-refractivity contribution in [3.05, 3.63) is 24.5 Å². The van der Waals surface area contributed by atoms with Crippen molar-refractivity contribution >= 4 is 39.7 Å². The second-order valence-electron chi connectivity index (χ2n) is 6.59. The molecule has 1 aromatic carbocycles. The van der Waals surface area contributed by atoms with E-state index in [2.05, 4.69) is 20.4 Å². The van der Waals surface area contributed by atoms with Gasteiger partial charge in [-0.05, 0) is 27.0 Å². The zero-order chi connectivity index (χ0) is 18.0. The first kappa shape index (κ1) is 17.5. The van der Waals surface area contributed by atoms with Gasteiger partial charge in [0.05, 0.1) is 18.3 Å². The molecule has 2 aromatic heterocycles. The van der Waals surface area contributed by atoms with Crippen LogP contribution in [0.15, 0.2) is 29.7 Å². The van der Waals surface area contributed by atoms with Crippen LogP contribution in [-0.4, -0.2) is 44.2 Å². The molecule has 0 spiro atoms. The van der Waals surface area contributed by atoms with Crippen molar-refractivity contribution in [2.45, 2.75) is 38.1 Å². The molecule has 0 aliphatic heterocycles. The average Bonchev–Trinajstić information content (AvgIpc) is 2.96. The number of carbonyl (C=O) groups excluding carboxylic acids is 1. The van der Waals surface area contributed by atoms with Crippen LogP contribution >= 0.6 is 11.8 Å². The van der Waals surface area contributed by atoms with E-state index in [9.17, 15) is 4.79 Å². The van der Waals surface area contributed by atoms with Gasteiger partial charge in [-0.25, -0.2) is 14.8 Å². The Hall–Kier alpha value is -2.35. The molecule has 0 saturated carbocycles. The monoisotopic (exact) mass is 359 g/mol. The molecule has 25 heavy (non-hydrogen) atoms. The maximum Gasteiger partial charge on any atom is 0.407 e. The summed E-state index contributed by atoms with van der Waals surface area (Å²) in [6.07, 6.45) is 5.15. The third kappa shape index (κ3) is 4.01. The van der Waals surface area contributed by atoms with Crippen molar-refractivity contribution < 1.29 is 9.53 Å². The summed E-state index contributed by atoms with van der Waals surface area (Å²) >= 11 is 1.50. The number of hydrogen-bond acceptors (Lipinski definition) is 6. The van der Waals surface area contributed by atoms with Crippen molar-refractivity contribution in [2.75, 3.05) is 12.8 Å². The van der Waals surface area contributed by atoms with Crippen molar-refractivity contribution in [1.29, 1.82) is 0 Å². The molecule has 0 aliphatic carbocycles. The van der Waals surface area contributed by atoms with Crippen LogP contribution < -0.4 is 5.32 Å². The van der Waals surface area contributed by atoms with E-state index >= 15 is 0 Å². The molecule has 0 fully saturated rings. The average molecular weight is 359 g/mol. The SMILES string of the molecule is CSc1ncc2ccc3cnn(CCNC(=O)OC(C)(C)C)c3c2n1. The summed E-state index contributed by atoms with van der Waals surface area (Å²) in [6.45, 7) is 6.46. The molecule has 0 aliphatic rings. The van der Waals surface area contributed by atoms with E-state index in [1.54, 1.807) is 0 Å². The number of carbonyl (C=O) groups is 1. The molecule has 0 radical (unpaired) electrons. The number of fused-ring (bicyclic) bond motifs is 3. The number of hydrogen-bond donors (Lipinski definition) is 1. The lowest BCUT2D eigenvalue weighted by atomic mass is 10.2. The summed E-state index contributed by atoms with van der Waals surface area (Å²) in [5.74, 6) is 0. The van der Waals surface area contributed by atoms with E-state index in [-0.39, 0.29) is 0 Å². The van der Waals surface area contributed by atoms with Gasteiger partial charge in [-0.2, -0.15) is 5.10 Å². The van der Waals surface area contributed by atoms with Gasteiger partial charge in [-0.1, -0.05) is 23.9 Å². The molecule has 0 saturated heterocycles. The van der Waals surface area contributed by atoms with Crippen molar-refractivity contribution in [3.63, 3.8) is 0 Å². The number of nitrogens with one attached hydrogen (secondary N) is 1. The Morgan fingerprint density at radius 2 is 2.04 bits per heavy atom. The van der Waals surface area contributed by atoms with Gasteiger partial charge in [0.25, 0.3) is 0 Å². The Kier molecular flexibility index (Phi) is 4.80. The van der Waals surface area contributed by atoms with E-state index < -0.39 is 11.7 Å². The van der Waals surface area contributed by atoms with Crippen LogP contribution in [0.3, 0.4) is 0 Å². The number of nitrogens with zero attached hydrogens (tertiary/aromatic N) is 4. The van der Waals surface area contributed by atoms with Crippen LogP contribution in [-0.2, 0) is 11.3 Å². The third-order valence-electron chi connectivity index (χ3n) is 3.50. The van der Waals surface area contributed by atoms with Crippen LogP contribution in [0.2, 0.25) is 0 Å². The Balaban J connectivity index is 1.82. The molecule has 0 bridgehead atoms. The highest BCUT2D eigenvalue weighted by atomic mass is 32.2. The second-order valence-corrected chi connectivity index (χ2v) is 7.37. The van der Waals surface area contributed by atoms with E-state index in [4.69, 9.17) is 4.74 Å². The van der Waals surface area contributed by atoms with Gasteiger partial charge in [0, 0.05) is 23.5 Å². The number of benzene rings is 1. The second kappa shape index (κ2) is 6.87. The van der Waals surface area contributed by atoms with E-state index in [1.165, 1.54) is 11.8 Å². The molecule has 3 rings (SSSR count). The molecule has 8 heteroatoms. The Morgan fingerprint density at radius 3 is 2.76 bits per heavy atom. The summed E-state index contributed by atoms with van der Waals surface area (Å²) in [5, 5.41) is 9.88. The van der Waals surface area contributed by atoms with Crippen LogP contribution in [0.25, 0.3) is 21.8 Å². The molecular formula is C17H21N5O2S. The van der Waals surface area contributed by atoms with Crippen LogP contribution in [0.5, 0.6) is 0 Å². The number of amides is 1. The van der Waals surface area contributed by atoms with E-state index in [1.807, 2.05) is 56.2 Å². The van der Waals surface area contributed by atoms with Crippen LogP contribution in [0.4, 0.5) is 4.79 Å². The lowest BCUT2D eigenvalue weighted by Gasteiger charge is -2.19. The minimum atomic E-state index is -0.510. The molecule has 7 nitrogen and oxygen atoms in total. The predicted octanol–water partition coefficient (Wildman–Crippen LogP) is 3.23. The third-order valence-corrected chi connectivity index (χ3v) is 4.07. The summed E-state index contributed by atoms with van der Waals surface area (Å²) in [7, 11) is 0. The zero-order valence-electron chi connectivity index (χ0n) is 14.7. The number of thioether (sulfide) groups is 1. The minimum Gasteiger partial charge on any atom is -0.444 e. The molecule has 0 unspecified atom stereocenters. The van der Waals surface area contributed by atoms with Gasteiger partial charge < -0.3 is 10.1 Å². The molecule has 2 heterocycles. The number of ether oxygens (including phenoxy) is 1. The van der Waals surface area contributed by atoms with Crippen molar-refractivity contribution in [2.24, 2.45) is 0 Å². The number of rotatable bonds is 4. The first-order valence-electron chi connectivity index (χ1n) is 7.99. The highest BCUT2D eigenvalue weighted by molar-refractivity contribution is 7.98. The normalized spacial score (nSPS) is 11.8. The fourth-order valence-corrected chi connectivity index (χ4v) is 2.83. The van der Waals surface area contributed by atoms with Crippen molar-refractivity contribution in [3.8, 4) is 0 Å².